The number of rotatable bonds is 4. The maximum absolute atomic E-state index is 10.8. The molecule has 2 rings (SSSR count). The Balaban J connectivity index is 1.66. The molecule has 0 aromatic carbocycles. The molecule has 0 aliphatic carbocycles. The monoisotopic (exact) mass is 257 g/mol. The van der Waals surface area contributed by atoms with Crippen molar-refractivity contribution in [2.45, 2.75) is 37.8 Å². The number of hydrogen-bond donors (Lipinski definition) is 2. The van der Waals surface area contributed by atoms with Gasteiger partial charge in [0.15, 0.2) is 0 Å². The summed E-state index contributed by atoms with van der Waals surface area (Å²) in [7, 11) is 0. The standard InChI is InChI=1S/C12H23N3OS/c13-12(16)8-15-5-3-10(4-6-15)14-11-2-1-7-17-9-11/h10-11,14H,1-9H2,(H2,13,16). The molecule has 98 valence electrons. The first-order valence-electron chi connectivity index (χ1n) is 6.58. The summed E-state index contributed by atoms with van der Waals surface area (Å²) in [6.45, 7) is 2.42. The molecular weight excluding hydrogens is 234 g/mol. The molecule has 2 aliphatic heterocycles. The predicted molar refractivity (Wildman–Crippen MR) is 72.1 cm³/mol. The van der Waals surface area contributed by atoms with Gasteiger partial charge in [-0.05, 0) is 31.4 Å². The molecule has 1 amide bonds. The summed E-state index contributed by atoms with van der Waals surface area (Å²) in [6, 6.07) is 1.35. The van der Waals surface area contributed by atoms with E-state index in [1.807, 2.05) is 0 Å². The number of piperidine rings is 1. The number of thioether (sulfide) groups is 1. The zero-order chi connectivity index (χ0) is 12.1. The van der Waals surface area contributed by atoms with Crippen molar-refractivity contribution in [3.05, 3.63) is 0 Å². The minimum Gasteiger partial charge on any atom is -0.369 e. The summed E-state index contributed by atoms with van der Waals surface area (Å²) in [5.74, 6) is 2.39. The van der Waals surface area contributed by atoms with Crippen LogP contribution in [0.15, 0.2) is 0 Å². The van der Waals surface area contributed by atoms with Gasteiger partial charge in [-0.25, -0.2) is 0 Å². The smallest absolute Gasteiger partial charge is 0.231 e. The van der Waals surface area contributed by atoms with Crippen molar-refractivity contribution in [3.63, 3.8) is 0 Å². The van der Waals surface area contributed by atoms with Crippen LogP contribution in [0.2, 0.25) is 0 Å². The molecule has 0 bridgehead atoms. The number of primary amides is 1. The molecular formula is C12H23N3OS. The Morgan fingerprint density at radius 2 is 2.06 bits per heavy atom. The van der Waals surface area contributed by atoms with Crippen LogP contribution < -0.4 is 11.1 Å². The number of likely N-dealkylation sites (tertiary alicyclic amines) is 1. The Morgan fingerprint density at radius 3 is 2.65 bits per heavy atom. The zero-order valence-corrected chi connectivity index (χ0v) is 11.2. The van der Waals surface area contributed by atoms with Gasteiger partial charge in [0.05, 0.1) is 6.54 Å². The van der Waals surface area contributed by atoms with Crippen LogP contribution in [0.5, 0.6) is 0 Å². The summed E-state index contributed by atoms with van der Waals surface area (Å²) < 4.78 is 0. The van der Waals surface area contributed by atoms with E-state index in [1.54, 1.807) is 0 Å². The number of amides is 1. The molecule has 0 aromatic heterocycles. The molecule has 0 aromatic rings. The Morgan fingerprint density at radius 1 is 1.29 bits per heavy atom. The van der Waals surface area contributed by atoms with Crippen molar-refractivity contribution in [1.82, 2.24) is 10.2 Å². The molecule has 2 heterocycles. The highest BCUT2D eigenvalue weighted by Gasteiger charge is 2.23. The number of nitrogens with zero attached hydrogens (tertiary/aromatic N) is 1. The number of nitrogens with one attached hydrogen (secondary N) is 1. The van der Waals surface area contributed by atoms with Gasteiger partial charge in [0.2, 0.25) is 5.91 Å². The predicted octanol–water partition coefficient (Wildman–Crippen LogP) is 0.421. The molecule has 4 nitrogen and oxygen atoms in total. The quantitative estimate of drug-likeness (QED) is 0.766. The van der Waals surface area contributed by atoms with E-state index >= 15 is 0 Å². The van der Waals surface area contributed by atoms with E-state index in [1.165, 1.54) is 24.3 Å². The number of carbonyl (C=O) groups is 1. The van der Waals surface area contributed by atoms with Crippen LogP contribution in [0.4, 0.5) is 0 Å². The average Bonchev–Trinajstić information content (AvgIpc) is 2.32. The molecule has 0 saturated carbocycles. The van der Waals surface area contributed by atoms with Crippen LogP contribution >= 0.6 is 11.8 Å². The van der Waals surface area contributed by atoms with Gasteiger partial charge in [-0.3, -0.25) is 9.69 Å². The first-order valence-corrected chi connectivity index (χ1v) is 7.74. The van der Waals surface area contributed by atoms with E-state index in [0.29, 0.717) is 18.6 Å². The molecule has 0 spiro atoms. The average molecular weight is 257 g/mol. The van der Waals surface area contributed by atoms with Crippen LogP contribution in [0.25, 0.3) is 0 Å². The molecule has 1 atom stereocenters. The third-order valence-corrected chi connectivity index (χ3v) is 4.81. The van der Waals surface area contributed by atoms with Crippen molar-refractivity contribution in [1.29, 1.82) is 0 Å². The van der Waals surface area contributed by atoms with Gasteiger partial charge in [-0.1, -0.05) is 0 Å². The van der Waals surface area contributed by atoms with Crippen molar-refractivity contribution >= 4 is 17.7 Å². The zero-order valence-electron chi connectivity index (χ0n) is 10.4. The van der Waals surface area contributed by atoms with Gasteiger partial charge in [0, 0.05) is 30.9 Å². The number of carbonyl (C=O) groups excluding carboxylic acids is 1. The third kappa shape index (κ3) is 4.48. The normalized spacial score (nSPS) is 28.1. The van der Waals surface area contributed by atoms with E-state index in [9.17, 15) is 4.79 Å². The highest BCUT2D eigenvalue weighted by molar-refractivity contribution is 7.99. The van der Waals surface area contributed by atoms with Crippen LogP contribution in [0.3, 0.4) is 0 Å². The molecule has 3 N–H and O–H groups in total. The minimum absolute atomic E-state index is 0.208. The van der Waals surface area contributed by atoms with E-state index < -0.39 is 0 Å². The van der Waals surface area contributed by atoms with Gasteiger partial charge in [0.25, 0.3) is 0 Å². The second-order valence-corrected chi connectivity index (χ2v) is 6.25. The number of hydrogen-bond acceptors (Lipinski definition) is 4. The molecule has 1 unspecified atom stereocenters. The Bertz CT molecular complexity index is 248. The van der Waals surface area contributed by atoms with Crippen molar-refractivity contribution < 1.29 is 4.79 Å². The molecule has 2 saturated heterocycles. The lowest BCUT2D eigenvalue weighted by Crippen LogP contribution is -2.49. The molecule has 2 aliphatic rings. The summed E-state index contributed by atoms with van der Waals surface area (Å²) in [6.07, 6.45) is 4.97. The van der Waals surface area contributed by atoms with Crippen LogP contribution in [-0.2, 0) is 4.79 Å². The lowest BCUT2D eigenvalue weighted by Gasteiger charge is -2.34. The van der Waals surface area contributed by atoms with Gasteiger partial charge in [-0.2, -0.15) is 11.8 Å². The Kier molecular flexibility index (Phi) is 5.13. The van der Waals surface area contributed by atoms with Crippen LogP contribution in [0.1, 0.15) is 25.7 Å². The van der Waals surface area contributed by atoms with Crippen molar-refractivity contribution in [2.24, 2.45) is 5.73 Å². The largest absolute Gasteiger partial charge is 0.369 e. The van der Waals surface area contributed by atoms with Gasteiger partial charge in [-0.15, -0.1) is 0 Å². The summed E-state index contributed by atoms with van der Waals surface area (Å²) in [5.41, 5.74) is 5.21. The van der Waals surface area contributed by atoms with Crippen LogP contribution in [0, 0.1) is 0 Å². The molecule has 17 heavy (non-hydrogen) atoms. The lowest BCUT2D eigenvalue weighted by atomic mass is 10.0. The van der Waals surface area contributed by atoms with Gasteiger partial charge in [0.1, 0.15) is 0 Å². The van der Waals surface area contributed by atoms with Crippen LogP contribution in [-0.4, -0.2) is 54.0 Å². The van der Waals surface area contributed by atoms with Crippen molar-refractivity contribution in [3.8, 4) is 0 Å². The maximum atomic E-state index is 10.8. The fourth-order valence-electron chi connectivity index (χ4n) is 2.68. The minimum atomic E-state index is -0.208. The Hall–Kier alpha value is -0.260. The molecule has 5 heteroatoms. The molecule has 0 radical (unpaired) electrons. The highest BCUT2D eigenvalue weighted by atomic mass is 32.2. The summed E-state index contributed by atoms with van der Waals surface area (Å²) in [4.78, 5) is 13.0. The fraction of sp³-hybridized carbons (Fsp3) is 0.917. The maximum Gasteiger partial charge on any atom is 0.231 e. The van der Waals surface area contributed by atoms with E-state index in [4.69, 9.17) is 5.73 Å². The van der Waals surface area contributed by atoms with E-state index in [2.05, 4.69) is 22.0 Å². The van der Waals surface area contributed by atoms with Gasteiger partial charge < -0.3 is 11.1 Å². The second kappa shape index (κ2) is 6.61. The number of nitrogens with two attached hydrogens (primary N) is 1. The SMILES string of the molecule is NC(=O)CN1CCC(NC2CCCSC2)CC1. The van der Waals surface area contributed by atoms with E-state index in [-0.39, 0.29) is 5.91 Å². The topological polar surface area (TPSA) is 58.4 Å². The summed E-state index contributed by atoms with van der Waals surface area (Å²) in [5, 5.41) is 3.77. The molecule has 2 fully saturated rings. The third-order valence-electron chi connectivity index (χ3n) is 3.60. The second-order valence-electron chi connectivity index (χ2n) is 5.10. The fourth-order valence-corrected chi connectivity index (χ4v) is 3.77. The lowest BCUT2D eigenvalue weighted by molar-refractivity contribution is -0.119. The Labute approximate surface area is 108 Å². The first kappa shape index (κ1) is 13.2. The van der Waals surface area contributed by atoms with Crippen molar-refractivity contribution in [2.75, 3.05) is 31.1 Å². The highest BCUT2D eigenvalue weighted by Crippen LogP contribution is 2.19. The van der Waals surface area contributed by atoms with E-state index in [0.717, 1.165) is 25.9 Å². The summed E-state index contributed by atoms with van der Waals surface area (Å²) >= 11 is 2.07. The first-order chi connectivity index (χ1) is 8.24. The van der Waals surface area contributed by atoms with Gasteiger partial charge >= 0.3 is 0 Å².